The lowest BCUT2D eigenvalue weighted by Gasteiger charge is -2.28. The number of unbranched alkanes of at least 4 members (excludes halogenated alkanes) is 4. The minimum absolute atomic E-state index is 0.617. The molecule has 1 heterocycles. The van der Waals surface area contributed by atoms with E-state index in [1.165, 1.54) is 55.6 Å². The van der Waals surface area contributed by atoms with Crippen LogP contribution in [-0.2, 0) is 0 Å². The molecule has 0 N–H and O–H groups in total. The van der Waals surface area contributed by atoms with Gasteiger partial charge in [0.05, 0.1) is 11.2 Å². The first-order valence-electron chi connectivity index (χ1n) is 9.29. The first-order valence-corrected chi connectivity index (χ1v) is 11.4. The molecule has 1 aliphatic rings. The molecule has 1 saturated heterocycles. The largest absolute Gasteiger partial charge is 0.494 e. The van der Waals surface area contributed by atoms with Gasteiger partial charge in [-0.05, 0) is 48.0 Å². The maximum atomic E-state index is 5.67. The van der Waals surface area contributed by atoms with Crippen molar-refractivity contribution >= 4 is 23.5 Å². The summed E-state index contributed by atoms with van der Waals surface area (Å²) in [6.07, 6.45) is 9.55. The second-order valence-electron chi connectivity index (χ2n) is 6.49. The highest BCUT2D eigenvalue weighted by atomic mass is 32.2. The summed E-state index contributed by atoms with van der Waals surface area (Å²) in [5.74, 6) is 4.60. The van der Waals surface area contributed by atoms with Gasteiger partial charge < -0.3 is 4.74 Å². The molecule has 23 heavy (non-hydrogen) atoms. The van der Waals surface area contributed by atoms with Crippen molar-refractivity contribution < 1.29 is 4.74 Å². The zero-order chi connectivity index (χ0) is 16.3. The molecule has 0 radical (unpaired) electrons. The van der Waals surface area contributed by atoms with Crippen molar-refractivity contribution in [1.82, 2.24) is 0 Å². The Kier molecular flexibility index (Phi) is 9.36. The van der Waals surface area contributed by atoms with E-state index in [1.54, 1.807) is 0 Å². The topological polar surface area (TPSA) is 9.23 Å². The van der Waals surface area contributed by atoms with Crippen LogP contribution in [0.3, 0.4) is 0 Å². The molecule has 130 valence electrons. The van der Waals surface area contributed by atoms with Crippen LogP contribution in [0.2, 0.25) is 0 Å². The molecule has 3 heteroatoms. The molecule has 0 aliphatic carbocycles. The first-order chi connectivity index (χ1) is 11.3. The van der Waals surface area contributed by atoms with Crippen LogP contribution in [0.5, 0.6) is 5.75 Å². The van der Waals surface area contributed by atoms with Crippen LogP contribution in [0.4, 0.5) is 0 Å². The zero-order valence-electron chi connectivity index (χ0n) is 14.8. The molecule has 1 fully saturated rings. The van der Waals surface area contributed by atoms with Gasteiger partial charge in [-0.3, -0.25) is 0 Å². The molecule has 2 rings (SSSR count). The van der Waals surface area contributed by atoms with E-state index in [4.69, 9.17) is 4.74 Å². The summed E-state index contributed by atoms with van der Waals surface area (Å²) in [6.45, 7) is 5.24. The molecule has 1 aliphatic heterocycles. The molecular weight excluding hydrogens is 320 g/mol. The van der Waals surface area contributed by atoms with Crippen molar-refractivity contribution in [2.24, 2.45) is 5.92 Å². The van der Waals surface area contributed by atoms with Gasteiger partial charge in [0.15, 0.2) is 0 Å². The maximum Gasteiger partial charge on any atom is 0.119 e. The SMILES string of the molecule is CCCCCCCC1CSC(c2ccc(OCCC)cc2)SC1. The molecule has 0 amide bonds. The second-order valence-corrected chi connectivity index (χ2v) is 9.06. The number of benzene rings is 1. The molecule has 0 aromatic heterocycles. The number of ether oxygens (including phenoxy) is 1. The van der Waals surface area contributed by atoms with Crippen molar-refractivity contribution in [3.63, 3.8) is 0 Å². The predicted molar refractivity (Wildman–Crippen MR) is 107 cm³/mol. The van der Waals surface area contributed by atoms with E-state index in [0.29, 0.717) is 4.58 Å². The van der Waals surface area contributed by atoms with Crippen molar-refractivity contribution in [3.05, 3.63) is 29.8 Å². The Morgan fingerprint density at radius 3 is 2.26 bits per heavy atom. The van der Waals surface area contributed by atoms with E-state index < -0.39 is 0 Å². The van der Waals surface area contributed by atoms with E-state index in [-0.39, 0.29) is 0 Å². The van der Waals surface area contributed by atoms with Gasteiger partial charge >= 0.3 is 0 Å². The van der Waals surface area contributed by atoms with Crippen LogP contribution >= 0.6 is 23.5 Å². The fourth-order valence-corrected chi connectivity index (χ4v) is 6.05. The molecule has 1 nitrogen and oxygen atoms in total. The predicted octanol–water partition coefficient (Wildman–Crippen LogP) is 6.93. The smallest absolute Gasteiger partial charge is 0.119 e. The van der Waals surface area contributed by atoms with E-state index in [0.717, 1.165) is 24.7 Å². The average Bonchev–Trinajstić information content (AvgIpc) is 2.61. The van der Waals surface area contributed by atoms with E-state index in [2.05, 4.69) is 61.6 Å². The van der Waals surface area contributed by atoms with Crippen molar-refractivity contribution in [3.8, 4) is 5.75 Å². The highest BCUT2D eigenvalue weighted by Crippen LogP contribution is 2.46. The zero-order valence-corrected chi connectivity index (χ0v) is 16.4. The van der Waals surface area contributed by atoms with Gasteiger partial charge in [0.2, 0.25) is 0 Å². The summed E-state index contributed by atoms with van der Waals surface area (Å²) in [7, 11) is 0. The molecular formula is C20H32OS2. The third kappa shape index (κ3) is 7.01. The average molecular weight is 353 g/mol. The normalized spacial score (nSPS) is 21.3. The van der Waals surface area contributed by atoms with Crippen LogP contribution < -0.4 is 4.74 Å². The van der Waals surface area contributed by atoms with Gasteiger partial charge in [-0.2, -0.15) is 0 Å². The summed E-state index contributed by atoms with van der Waals surface area (Å²) >= 11 is 4.28. The van der Waals surface area contributed by atoms with Crippen molar-refractivity contribution in [2.45, 2.75) is 63.4 Å². The van der Waals surface area contributed by atoms with E-state index in [1.807, 2.05) is 0 Å². The van der Waals surface area contributed by atoms with Crippen LogP contribution in [0, 0.1) is 5.92 Å². The monoisotopic (exact) mass is 352 g/mol. The minimum Gasteiger partial charge on any atom is -0.494 e. The molecule has 0 atom stereocenters. The lowest BCUT2D eigenvalue weighted by atomic mass is 10.0. The highest BCUT2D eigenvalue weighted by molar-refractivity contribution is 8.16. The quantitative estimate of drug-likeness (QED) is 0.422. The first kappa shape index (κ1) is 19.1. The molecule has 0 unspecified atom stereocenters. The van der Waals surface area contributed by atoms with Gasteiger partial charge in [0.1, 0.15) is 5.75 Å². The Hall–Kier alpha value is -0.280. The van der Waals surface area contributed by atoms with Gasteiger partial charge in [0, 0.05) is 0 Å². The minimum atomic E-state index is 0.617. The molecule has 0 spiro atoms. The van der Waals surface area contributed by atoms with Gasteiger partial charge in [0.25, 0.3) is 0 Å². The summed E-state index contributed by atoms with van der Waals surface area (Å²) in [6, 6.07) is 8.76. The van der Waals surface area contributed by atoms with Crippen LogP contribution in [0.25, 0.3) is 0 Å². The van der Waals surface area contributed by atoms with Gasteiger partial charge in [-0.1, -0.05) is 58.1 Å². The Morgan fingerprint density at radius 2 is 1.61 bits per heavy atom. The number of hydrogen-bond acceptors (Lipinski definition) is 3. The Balaban J connectivity index is 1.67. The third-order valence-corrected chi connectivity index (χ3v) is 7.60. The van der Waals surface area contributed by atoms with Crippen molar-refractivity contribution in [1.29, 1.82) is 0 Å². The lowest BCUT2D eigenvalue weighted by molar-refractivity contribution is 0.317. The Bertz CT molecular complexity index is 410. The molecule has 0 saturated carbocycles. The third-order valence-electron chi connectivity index (χ3n) is 4.31. The van der Waals surface area contributed by atoms with E-state index in [9.17, 15) is 0 Å². The maximum absolute atomic E-state index is 5.67. The summed E-state index contributed by atoms with van der Waals surface area (Å²) in [4.78, 5) is 0. The van der Waals surface area contributed by atoms with Gasteiger partial charge in [-0.15, -0.1) is 23.5 Å². The summed E-state index contributed by atoms with van der Waals surface area (Å²) in [5, 5.41) is 0. The Labute approximate surface area is 151 Å². The fourth-order valence-electron chi connectivity index (χ4n) is 2.88. The van der Waals surface area contributed by atoms with Crippen LogP contribution in [-0.4, -0.2) is 18.1 Å². The molecule has 1 aromatic rings. The molecule has 0 bridgehead atoms. The van der Waals surface area contributed by atoms with Gasteiger partial charge in [-0.25, -0.2) is 0 Å². The standard InChI is InChI=1S/C20H32OS2/c1-3-5-6-7-8-9-17-15-22-20(23-16-17)18-10-12-19(13-11-18)21-14-4-2/h10-13,17,20H,3-9,14-16H2,1-2H3. The number of rotatable bonds is 10. The summed E-state index contributed by atoms with van der Waals surface area (Å²) in [5.41, 5.74) is 1.45. The molecule has 1 aromatic carbocycles. The highest BCUT2D eigenvalue weighted by Gasteiger charge is 2.23. The second kappa shape index (κ2) is 11.3. The van der Waals surface area contributed by atoms with Crippen molar-refractivity contribution in [2.75, 3.05) is 18.1 Å². The Morgan fingerprint density at radius 1 is 0.913 bits per heavy atom. The fraction of sp³-hybridized carbons (Fsp3) is 0.700. The van der Waals surface area contributed by atoms with E-state index >= 15 is 0 Å². The lowest BCUT2D eigenvalue weighted by Crippen LogP contribution is -2.14. The van der Waals surface area contributed by atoms with Crippen LogP contribution in [0.15, 0.2) is 24.3 Å². The summed E-state index contributed by atoms with van der Waals surface area (Å²) < 4.78 is 6.29. The van der Waals surface area contributed by atoms with Crippen LogP contribution in [0.1, 0.15) is 68.9 Å². The number of hydrogen-bond donors (Lipinski definition) is 0. The number of thioether (sulfide) groups is 2.